The molecule has 0 bridgehead atoms. The van der Waals surface area contributed by atoms with E-state index in [2.05, 4.69) is 5.32 Å². The summed E-state index contributed by atoms with van der Waals surface area (Å²) in [5.41, 5.74) is 1.90. The van der Waals surface area contributed by atoms with Crippen LogP contribution in [0.25, 0.3) is 0 Å². The van der Waals surface area contributed by atoms with Crippen LogP contribution in [0, 0.1) is 5.92 Å². The van der Waals surface area contributed by atoms with Crippen molar-refractivity contribution < 1.29 is 4.79 Å². The van der Waals surface area contributed by atoms with Gasteiger partial charge in [0.25, 0.3) is 5.91 Å². The molecule has 3 nitrogen and oxygen atoms in total. The standard InChI is InChI=1S/C14H17ClN2O.ClH/c15-12-1-2-13-11(7-12)9-17(14(13)18)8-10-3-5-16-6-4-10;/h1-2,7,10,16H,3-6,8-9H2;1H. The molecule has 1 saturated heterocycles. The van der Waals surface area contributed by atoms with E-state index in [4.69, 9.17) is 11.6 Å². The SMILES string of the molecule is Cl.O=C1c2ccc(Cl)cc2CN1CC1CCNCC1. The Hall–Kier alpha value is -0.770. The van der Waals surface area contributed by atoms with Crippen molar-refractivity contribution in [3.05, 3.63) is 34.3 Å². The van der Waals surface area contributed by atoms with Gasteiger partial charge in [0, 0.05) is 23.7 Å². The summed E-state index contributed by atoms with van der Waals surface area (Å²) in [7, 11) is 0. The highest BCUT2D eigenvalue weighted by atomic mass is 35.5. The minimum absolute atomic E-state index is 0. The zero-order valence-electron chi connectivity index (χ0n) is 10.7. The Morgan fingerprint density at radius 1 is 1.32 bits per heavy atom. The third-order valence-electron chi connectivity index (χ3n) is 3.88. The number of piperidine rings is 1. The summed E-state index contributed by atoms with van der Waals surface area (Å²) in [5, 5.41) is 4.07. The first-order valence-electron chi connectivity index (χ1n) is 6.52. The van der Waals surface area contributed by atoms with E-state index in [1.807, 2.05) is 17.0 Å². The molecule has 2 aliphatic rings. The first-order valence-corrected chi connectivity index (χ1v) is 6.90. The highest BCUT2D eigenvalue weighted by Gasteiger charge is 2.29. The molecule has 1 fully saturated rings. The molecule has 0 atom stereocenters. The molecule has 1 aromatic carbocycles. The van der Waals surface area contributed by atoms with Crippen molar-refractivity contribution in [2.75, 3.05) is 19.6 Å². The molecule has 2 heterocycles. The van der Waals surface area contributed by atoms with Crippen molar-refractivity contribution in [3.8, 4) is 0 Å². The van der Waals surface area contributed by atoms with E-state index in [0.29, 0.717) is 10.9 Å². The van der Waals surface area contributed by atoms with Crippen LogP contribution in [-0.2, 0) is 6.54 Å². The van der Waals surface area contributed by atoms with Crippen molar-refractivity contribution in [1.29, 1.82) is 0 Å². The van der Waals surface area contributed by atoms with Gasteiger partial charge in [0.1, 0.15) is 0 Å². The fourth-order valence-electron chi connectivity index (χ4n) is 2.87. The summed E-state index contributed by atoms with van der Waals surface area (Å²) in [6.45, 7) is 3.75. The Morgan fingerprint density at radius 2 is 2.05 bits per heavy atom. The number of halogens is 2. The zero-order valence-corrected chi connectivity index (χ0v) is 12.3. The molecule has 0 spiro atoms. The average molecular weight is 301 g/mol. The van der Waals surface area contributed by atoms with Crippen LogP contribution in [0.5, 0.6) is 0 Å². The second kappa shape index (κ2) is 6.12. The molecular formula is C14H18Cl2N2O. The lowest BCUT2D eigenvalue weighted by Gasteiger charge is -2.27. The van der Waals surface area contributed by atoms with Crippen molar-refractivity contribution in [2.24, 2.45) is 5.92 Å². The summed E-state index contributed by atoms with van der Waals surface area (Å²) >= 11 is 5.97. The van der Waals surface area contributed by atoms with Crippen LogP contribution in [0.3, 0.4) is 0 Å². The van der Waals surface area contributed by atoms with Crippen LogP contribution in [0.4, 0.5) is 0 Å². The number of hydrogen-bond donors (Lipinski definition) is 1. The van der Waals surface area contributed by atoms with Gasteiger partial charge < -0.3 is 10.2 Å². The number of benzene rings is 1. The monoisotopic (exact) mass is 300 g/mol. The minimum Gasteiger partial charge on any atom is -0.334 e. The van der Waals surface area contributed by atoms with Crippen LogP contribution in [0.15, 0.2) is 18.2 Å². The van der Waals surface area contributed by atoms with E-state index >= 15 is 0 Å². The van der Waals surface area contributed by atoms with Gasteiger partial charge in [-0.15, -0.1) is 12.4 Å². The molecule has 3 rings (SSSR count). The molecule has 1 N–H and O–H groups in total. The summed E-state index contributed by atoms with van der Waals surface area (Å²) in [6, 6.07) is 5.56. The lowest BCUT2D eigenvalue weighted by atomic mass is 9.98. The molecule has 104 valence electrons. The van der Waals surface area contributed by atoms with Gasteiger partial charge in [-0.05, 0) is 55.6 Å². The number of nitrogens with zero attached hydrogens (tertiary/aromatic N) is 1. The topological polar surface area (TPSA) is 32.3 Å². The maximum Gasteiger partial charge on any atom is 0.254 e. The van der Waals surface area contributed by atoms with E-state index in [9.17, 15) is 4.79 Å². The highest BCUT2D eigenvalue weighted by molar-refractivity contribution is 6.30. The van der Waals surface area contributed by atoms with Gasteiger partial charge in [-0.3, -0.25) is 4.79 Å². The molecule has 1 amide bonds. The molecule has 1 aromatic rings. The zero-order chi connectivity index (χ0) is 12.5. The Morgan fingerprint density at radius 3 is 2.79 bits per heavy atom. The Balaban J connectivity index is 0.00000133. The van der Waals surface area contributed by atoms with Crippen LogP contribution >= 0.6 is 24.0 Å². The number of rotatable bonds is 2. The number of carbonyl (C=O) groups excluding carboxylic acids is 1. The number of hydrogen-bond acceptors (Lipinski definition) is 2. The van der Waals surface area contributed by atoms with Gasteiger partial charge in [0.2, 0.25) is 0 Å². The normalized spacial score (nSPS) is 19.2. The number of fused-ring (bicyclic) bond motifs is 1. The van der Waals surface area contributed by atoms with Crippen molar-refractivity contribution in [3.63, 3.8) is 0 Å². The van der Waals surface area contributed by atoms with Gasteiger partial charge >= 0.3 is 0 Å². The molecule has 5 heteroatoms. The summed E-state index contributed by atoms with van der Waals surface area (Å²) in [4.78, 5) is 14.2. The number of amides is 1. The van der Waals surface area contributed by atoms with Crippen LogP contribution in [0.2, 0.25) is 5.02 Å². The van der Waals surface area contributed by atoms with Crippen LogP contribution in [-0.4, -0.2) is 30.4 Å². The molecule has 0 saturated carbocycles. The van der Waals surface area contributed by atoms with E-state index in [1.54, 1.807) is 6.07 Å². The van der Waals surface area contributed by atoms with E-state index < -0.39 is 0 Å². The van der Waals surface area contributed by atoms with E-state index in [1.165, 1.54) is 12.8 Å². The van der Waals surface area contributed by atoms with Crippen molar-refractivity contribution in [1.82, 2.24) is 10.2 Å². The maximum absolute atomic E-state index is 12.2. The fraction of sp³-hybridized carbons (Fsp3) is 0.500. The number of carbonyl (C=O) groups is 1. The largest absolute Gasteiger partial charge is 0.334 e. The molecule has 0 radical (unpaired) electrons. The quantitative estimate of drug-likeness (QED) is 0.911. The van der Waals surface area contributed by atoms with Gasteiger partial charge in [-0.1, -0.05) is 11.6 Å². The van der Waals surface area contributed by atoms with Gasteiger partial charge in [-0.2, -0.15) is 0 Å². The van der Waals surface area contributed by atoms with E-state index in [0.717, 1.165) is 37.3 Å². The van der Waals surface area contributed by atoms with Crippen molar-refractivity contribution >= 4 is 29.9 Å². The summed E-state index contributed by atoms with van der Waals surface area (Å²) < 4.78 is 0. The minimum atomic E-state index is 0. The highest BCUT2D eigenvalue weighted by Crippen LogP contribution is 2.27. The van der Waals surface area contributed by atoms with Gasteiger partial charge in [-0.25, -0.2) is 0 Å². The summed E-state index contributed by atoms with van der Waals surface area (Å²) in [5.74, 6) is 0.806. The first-order chi connectivity index (χ1) is 8.74. The van der Waals surface area contributed by atoms with Crippen molar-refractivity contribution in [2.45, 2.75) is 19.4 Å². The Kier molecular flexibility index (Phi) is 4.71. The van der Waals surface area contributed by atoms with E-state index in [-0.39, 0.29) is 18.3 Å². The Bertz CT molecular complexity index is 473. The second-order valence-corrected chi connectivity index (χ2v) is 5.62. The molecule has 2 aliphatic heterocycles. The first kappa shape index (κ1) is 14.6. The average Bonchev–Trinajstić information content (AvgIpc) is 2.67. The molecular weight excluding hydrogens is 283 g/mol. The molecule has 0 aliphatic carbocycles. The fourth-order valence-corrected chi connectivity index (χ4v) is 3.07. The maximum atomic E-state index is 12.2. The third kappa shape index (κ3) is 3.04. The summed E-state index contributed by atoms with van der Waals surface area (Å²) in [6.07, 6.45) is 2.34. The van der Waals surface area contributed by atoms with Gasteiger partial charge in [0.15, 0.2) is 0 Å². The molecule has 0 unspecified atom stereocenters. The lowest BCUT2D eigenvalue weighted by Crippen LogP contribution is -2.36. The second-order valence-electron chi connectivity index (χ2n) is 5.18. The molecule has 19 heavy (non-hydrogen) atoms. The predicted octanol–water partition coefficient (Wildman–Crippen LogP) is 2.72. The third-order valence-corrected chi connectivity index (χ3v) is 4.12. The predicted molar refractivity (Wildman–Crippen MR) is 79.0 cm³/mol. The van der Waals surface area contributed by atoms with Crippen LogP contribution in [0.1, 0.15) is 28.8 Å². The smallest absolute Gasteiger partial charge is 0.254 e. The van der Waals surface area contributed by atoms with Gasteiger partial charge in [0.05, 0.1) is 0 Å². The lowest BCUT2D eigenvalue weighted by molar-refractivity contribution is 0.0740. The molecule has 0 aromatic heterocycles. The van der Waals surface area contributed by atoms with Crippen LogP contribution < -0.4 is 5.32 Å². The number of nitrogens with one attached hydrogen (secondary N) is 1. The Labute approximate surface area is 124 Å².